The predicted molar refractivity (Wildman–Crippen MR) is 95.0 cm³/mol. The van der Waals surface area contributed by atoms with E-state index in [4.69, 9.17) is 0 Å². The zero-order valence-corrected chi connectivity index (χ0v) is 14.9. The van der Waals surface area contributed by atoms with Crippen LogP contribution in [0.4, 0.5) is 0 Å². The van der Waals surface area contributed by atoms with Crippen LogP contribution in [-0.4, -0.2) is 37.7 Å². The fraction of sp³-hybridized carbons (Fsp3) is 0.526. The fourth-order valence-corrected chi connectivity index (χ4v) is 4.13. The molecule has 132 valence electrons. The molecule has 2 fully saturated rings. The van der Waals surface area contributed by atoms with E-state index in [1.807, 2.05) is 17.0 Å². The molecular weight excluding hydrogens is 314 g/mol. The molecule has 1 aromatic heterocycles. The third-order valence-corrected chi connectivity index (χ3v) is 5.31. The largest absolute Gasteiger partial charge is 0.321 e. The summed E-state index contributed by atoms with van der Waals surface area (Å²) in [7, 11) is 0. The van der Waals surface area contributed by atoms with E-state index in [0.29, 0.717) is 5.92 Å². The van der Waals surface area contributed by atoms with Crippen LogP contribution in [-0.2, 0) is 4.79 Å². The summed E-state index contributed by atoms with van der Waals surface area (Å²) in [6.45, 7) is 5.11. The van der Waals surface area contributed by atoms with Crippen LogP contribution in [0.15, 0.2) is 36.9 Å². The number of nitrogens with zero attached hydrogens (tertiary/aromatic N) is 4. The van der Waals surface area contributed by atoms with Gasteiger partial charge in [-0.1, -0.05) is 38.8 Å². The zero-order valence-electron chi connectivity index (χ0n) is 14.9. The topological polar surface area (TPSA) is 63.1 Å². The lowest BCUT2D eigenvalue weighted by Gasteiger charge is -2.26. The smallest absolute Gasteiger partial charge is 0.244 e. The molecule has 4 rings (SSSR count). The summed E-state index contributed by atoms with van der Waals surface area (Å²) in [6.07, 6.45) is 7.34. The Morgan fingerprint density at radius 3 is 2.56 bits per heavy atom. The van der Waals surface area contributed by atoms with Crippen LogP contribution < -0.4 is 5.32 Å². The van der Waals surface area contributed by atoms with Gasteiger partial charge in [-0.3, -0.25) is 10.1 Å². The molecule has 2 aliphatic rings. The van der Waals surface area contributed by atoms with Crippen LogP contribution in [0.2, 0.25) is 0 Å². The molecule has 1 spiro atoms. The number of hydrogen-bond acceptors (Lipinski definition) is 4. The zero-order chi connectivity index (χ0) is 17.4. The van der Waals surface area contributed by atoms with Gasteiger partial charge in [0.25, 0.3) is 0 Å². The molecule has 2 heterocycles. The molecule has 6 heteroatoms. The number of amides is 1. The monoisotopic (exact) mass is 339 g/mol. The van der Waals surface area contributed by atoms with Gasteiger partial charge in [0.2, 0.25) is 5.91 Å². The van der Waals surface area contributed by atoms with Crippen molar-refractivity contribution in [2.24, 2.45) is 5.92 Å². The lowest BCUT2D eigenvalue weighted by atomic mass is 9.98. The summed E-state index contributed by atoms with van der Waals surface area (Å²) in [5, 5.41) is 7.85. The van der Waals surface area contributed by atoms with E-state index in [-0.39, 0.29) is 17.6 Å². The highest BCUT2D eigenvalue weighted by molar-refractivity contribution is 5.89. The van der Waals surface area contributed by atoms with Crippen molar-refractivity contribution in [1.82, 2.24) is 25.0 Å². The number of hydrogen-bond donors (Lipinski definition) is 1. The lowest BCUT2D eigenvalue weighted by molar-refractivity contribution is -0.133. The molecule has 1 saturated carbocycles. The summed E-state index contributed by atoms with van der Waals surface area (Å²) < 4.78 is 1.74. The third kappa shape index (κ3) is 2.84. The molecule has 2 aromatic rings. The van der Waals surface area contributed by atoms with Crippen molar-refractivity contribution in [3.8, 4) is 5.69 Å². The first kappa shape index (κ1) is 16.3. The molecule has 1 unspecified atom stereocenters. The van der Waals surface area contributed by atoms with Gasteiger partial charge in [0.05, 0.1) is 11.2 Å². The second kappa shape index (κ2) is 6.26. The lowest BCUT2D eigenvalue weighted by Crippen LogP contribution is -2.44. The Morgan fingerprint density at radius 1 is 1.24 bits per heavy atom. The minimum absolute atomic E-state index is 0.0437. The maximum atomic E-state index is 13.1. The van der Waals surface area contributed by atoms with Crippen LogP contribution in [0.25, 0.3) is 5.69 Å². The highest BCUT2D eigenvalue weighted by Crippen LogP contribution is 2.41. The van der Waals surface area contributed by atoms with Crippen molar-refractivity contribution in [1.29, 1.82) is 0 Å². The average Bonchev–Trinajstić information content (AvgIpc) is 3.33. The molecule has 1 atom stereocenters. The standard InChI is InChI=1S/C19H25N5O/c1-14(2)11-23-17(22-19(18(23)25)9-3-4-10-19)15-5-7-16(8-6-15)24-13-20-12-21-24/h5-8,12-14,17,22H,3-4,9-11H2,1-2H3. The molecule has 1 aliphatic heterocycles. The summed E-state index contributed by atoms with van der Waals surface area (Å²) in [6, 6.07) is 8.24. The van der Waals surface area contributed by atoms with Crippen molar-refractivity contribution in [3.05, 3.63) is 42.5 Å². The molecule has 25 heavy (non-hydrogen) atoms. The minimum Gasteiger partial charge on any atom is -0.321 e. The quantitative estimate of drug-likeness (QED) is 0.930. The molecule has 1 N–H and O–H groups in total. The van der Waals surface area contributed by atoms with Crippen molar-refractivity contribution in [2.75, 3.05) is 6.54 Å². The van der Waals surface area contributed by atoms with Crippen molar-refractivity contribution < 1.29 is 4.79 Å². The maximum Gasteiger partial charge on any atom is 0.244 e. The molecule has 6 nitrogen and oxygen atoms in total. The van der Waals surface area contributed by atoms with Gasteiger partial charge in [-0.2, -0.15) is 5.10 Å². The Morgan fingerprint density at radius 2 is 1.96 bits per heavy atom. The highest BCUT2D eigenvalue weighted by Gasteiger charge is 2.52. The Bertz CT molecular complexity index is 732. The number of benzene rings is 1. The van der Waals surface area contributed by atoms with Crippen LogP contribution in [0.3, 0.4) is 0 Å². The number of carbonyl (C=O) groups excluding carboxylic acids is 1. The van der Waals surface area contributed by atoms with E-state index >= 15 is 0 Å². The van der Waals surface area contributed by atoms with Crippen molar-refractivity contribution in [3.63, 3.8) is 0 Å². The highest BCUT2D eigenvalue weighted by atomic mass is 16.2. The van der Waals surface area contributed by atoms with Gasteiger partial charge in [0.15, 0.2) is 0 Å². The Labute approximate surface area is 148 Å². The normalized spacial score (nSPS) is 22.4. The van der Waals surface area contributed by atoms with E-state index in [9.17, 15) is 4.79 Å². The van der Waals surface area contributed by atoms with Gasteiger partial charge in [-0.25, -0.2) is 9.67 Å². The van der Waals surface area contributed by atoms with Crippen molar-refractivity contribution in [2.45, 2.75) is 51.2 Å². The van der Waals surface area contributed by atoms with Crippen LogP contribution in [0.1, 0.15) is 51.3 Å². The van der Waals surface area contributed by atoms with Gasteiger partial charge in [-0.05, 0) is 36.5 Å². The van der Waals surface area contributed by atoms with E-state index < -0.39 is 0 Å². The first-order valence-electron chi connectivity index (χ1n) is 9.13. The van der Waals surface area contributed by atoms with Gasteiger partial charge >= 0.3 is 0 Å². The maximum absolute atomic E-state index is 13.1. The SMILES string of the molecule is CC(C)CN1C(=O)C2(CCCC2)NC1c1ccc(-n2cncn2)cc1. The Balaban J connectivity index is 1.63. The van der Waals surface area contributed by atoms with Crippen LogP contribution >= 0.6 is 0 Å². The summed E-state index contributed by atoms with van der Waals surface area (Å²) in [4.78, 5) is 19.2. The first-order chi connectivity index (χ1) is 12.1. The summed E-state index contributed by atoms with van der Waals surface area (Å²) >= 11 is 0. The molecule has 1 amide bonds. The second-order valence-electron chi connectivity index (χ2n) is 7.62. The van der Waals surface area contributed by atoms with Gasteiger partial charge in [0, 0.05) is 6.54 Å². The van der Waals surface area contributed by atoms with Crippen molar-refractivity contribution >= 4 is 5.91 Å². The second-order valence-corrected chi connectivity index (χ2v) is 7.62. The minimum atomic E-state index is -0.343. The van der Waals surface area contributed by atoms with E-state index in [2.05, 4.69) is 41.4 Å². The molecule has 1 saturated heterocycles. The summed E-state index contributed by atoms with van der Waals surface area (Å²) in [5.41, 5.74) is 1.75. The molecular formula is C19H25N5O. The Kier molecular flexibility index (Phi) is 4.07. The van der Waals surface area contributed by atoms with Crippen LogP contribution in [0, 0.1) is 5.92 Å². The number of rotatable bonds is 4. The number of nitrogens with one attached hydrogen (secondary N) is 1. The third-order valence-electron chi connectivity index (χ3n) is 5.31. The molecule has 1 aliphatic carbocycles. The number of carbonyl (C=O) groups is 1. The first-order valence-corrected chi connectivity index (χ1v) is 9.13. The van der Waals surface area contributed by atoms with E-state index in [1.165, 1.54) is 6.33 Å². The molecule has 0 bridgehead atoms. The van der Waals surface area contributed by atoms with Gasteiger partial charge in [0.1, 0.15) is 18.8 Å². The predicted octanol–water partition coefficient (Wildman–Crippen LogP) is 2.67. The van der Waals surface area contributed by atoms with E-state index in [1.54, 1.807) is 11.0 Å². The fourth-order valence-electron chi connectivity index (χ4n) is 4.13. The molecule has 1 aromatic carbocycles. The average molecular weight is 339 g/mol. The van der Waals surface area contributed by atoms with Gasteiger partial charge in [-0.15, -0.1) is 0 Å². The van der Waals surface area contributed by atoms with Gasteiger partial charge < -0.3 is 4.90 Å². The Hall–Kier alpha value is -2.21. The van der Waals surface area contributed by atoms with E-state index in [0.717, 1.165) is 43.5 Å². The number of aromatic nitrogens is 3. The summed E-state index contributed by atoms with van der Waals surface area (Å²) in [5.74, 6) is 0.725. The molecule has 0 radical (unpaired) electrons. The van der Waals surface area contributed by atoms with Crippen LogP contribution in [0.5, 0.6) is 0 Å².